The third-order valence-corrected chi connectivity index (χ3v) is 3.18. The number of rotatable bonds is 3. The number of benzene rings is 1. The number of aryl methyl sites for hydroxylation is 3. The molecule has 1 aromatic carbocycles. The Balaban J connectivity index is 2.26. The lowest BCUT2D eigenvalue weighted by atomic mass is 10.1. The molecule has 2 rings (SSSR count). The van der Waals surface area contributed by atoms with E-state index in [1.165, 1.54) is 11.6 Å². The molecule has 20 heavy (non-hydrogen) atoms. The van der Waals surface area contributed by atoms with Crippen LogP contribution in [0.3, 0.4) is 0 Å². The van der Waals surface area contributed by atoms with E-state index in [-0.39, 0.29) is 5.91 Å². The molecule has 0 aliphatic rings. The number of nitrogens with one attached hydrogen (secondary N) is 1. The number of hydrogen-bond acceptors (Lipinski definition) is 3. The van der Waals surface area contributed by atoms with E-state index in [0.29, 0.717) is 16.9 Å². The van der Waals surface area contributed by atoms with Crippen molar-refractivity contribution >= 4 is 11.6 Å². The molecule has 1 amide bonds. The van der Waals surface area contributed by atoms with Gasteiger partial charge in [0.25, 0.3) is 5.91 Å². The van der Waals surface area contributed by atoms with Crippen LogP contribution in [0.15, 0.2) is 39.5 Å². The van der Waals surface area contributed by atoms with E-state index in [2.05, 4.69) is 12.2 Å². The van der Waals surface area contributed by atoms with Gasteiger partial charge >= 0.3 is 5.63 Å². The van der Waals surface area contributed by atoms with Crippen molar-refractivity contribution in [2.75, 3.05) is 5.32 Å². The van der Waals surface area contributed by atoms with Crippen molar-refractivity contribution in [3.63, 3.8) is 0 Å². The summed E-state index contributed by atoms with van der Waals surface area (Å²) in [6.07, 6.45) is 0.955. The molecule has 4 heteroatoms. The maximum atomic E-state index is 12.2. The van der Waals surface area contributed by atoms with Gasteiger partial charge in [0.2, 0.25) is 0 Å². The van der Waals surface area contributed by atoms with Crippen LogP contribution < -0.4 is 10.9 Å². The van der Waals surface area contributed by atoms with Crippen molar-refractivity contribution in [2.45, 2.75) is 27.2 Å². The van der Waals surface area contributed by atoms with Gasteiger partial charge in [-0.2, -0.15) is 0 Å². The predicted molar refractivity (Wildman–Crippen MR) is 78.2 cm³/mol. The van der Waals surface area contributed by atoms with Crippen LogP contribution in [0.25, 0.3) is 0 Å². The zero-order valence-electron chi connectivity index (χ0n) is 11.8. The first kappa shape index (κ1) is 14.1. The first-order chi connectivity index (χ1) is 9.51. The van der Waals surface area contributed by atoms with Crippen LogP contribution in [0, 0.1) is 13.8 Å². The first-order valence-electron chi connectivity index (χ1n) is 6.53. The standard InChI is InChI=1S/C16H17NO3/c1-4-12-5-7-13(8-6-12)17-16(19)15-10(2)9-14(18)20-11(15)3/h5-9H,4H2,1-3H3,(H,17,19). The summed E-state index contributed by atoms with van der Waals surface area (Å²) >= 11 is 0. The lowest BCUT2D eigenvalue weighted by molar-refractivity contribution is 0.102. The van der Waals surface area contributed by atoms with Crippen molar-refractivity contribution in [1.82, 2.24) is 0 Å². The van der Waals surface area contributed by atoms with Gasteiger partial charge in [-0.3, -0.25) is 4.79 Å². The number of hydrogen-bond donors (Lipinski definition) is 1. The zero-order valence-corrected chi connectivity index (χ0v) is 11.8. The summed E-state index contributed by atoms with van der Waals surface area (Å²) in [4.78, 5) is 23.5. The molecule has 0 spiro atoms. The topological polar surface area (TPSA) is 59.3 Å². The fourth-order valence-corrected chi connectivity index (χ4v) is 2.11. The molecule has 0 radical (unpaired) electrons. The highest BCUT2D eigenvalue weighted by atomic mass is 16.4. The molecule has 0 aliphatic heterocycles. The van der Waals surface area contributed by atoms with Crippen LogP contribution in [0.5, 0.6) is 0 Å². The molecule has 0 atom stereocenters. The lowest BCUT2D eigenvalue weighted by Gasteiger charge is -2.09. The summed E-state index contributed by atoms with van der Waals surface area (Å²) in [5.74, 6) is 0.0608. The van der Waals surface area contributed by atoms with Crippen LogP contribution in [-0.4, -0.2) is 5.91 Å². The van der Waals surface area contributed by atoms with Crippen LogP contribution in [0.4, 0.5) is 5.69 Å². The SMILES string of the molecule is CCc1ccc(NC(=O)c2c(C)cc(=O)oc2C)cc1. The Bertz CT molecular complexity index is 658. The normalized spacial score (nSPS) is 10.3. The largest absolute Gasteiger partial charge is 0.427 e. The molecule has 1 N–H and O–H groups in total. The summed E-state index contributed by atoms with van der Waals surface area (Å²) in [5, 5.41) is 2.81. The number of carbonyl (C=O) groups is 1. The van der Waals surface area contributed by atoms with E-state index in [1.54, 1.807) is 13.8 Å². The van der Waals surface area contributed by atoms with E-state index in [9.17, 15) is 9.59 Å². The first-order valence-corrected chi connectivity index (χ1v) is 6.53. The third-order valence-electron chi connectivity index (χ3n) is 3.18. The molecule has 0 bridgehead atoms. The van der Waals surface area contributed by atoms with Crippen molar-refractivity contribution in [1.29, 1.82) is 0 Å². The minimum atomic E-state index is -0.441. The highest BCUT2D eigenvalue weighted by molar-refractivity contribution is 6.05. The number of anilines is 1. The van der Waals surface area contributed by atoms with E-state index < -0.39 is 5.63 Å². The van der Waals surface area contributed by atoms with E-state index in [4.69, 9.17) is 4.42 Å². The second kappa shape index (κ2) is 5.74. The Hall–Kier alpha value is -2.36. The Morgan fingerprint density at radius 2 is 1.85 bits per heavy atom. The summed E-state index contributed by atoms with van der Waals surface area (Å²) in [6.45, 7) is 5.41. The smallest absolute Gasteiger partial charge is 0.336 e. The molecule has 104 valence electrons. The zero-order chi connectivity index (χ0) is 14.7. The molecule has 0 aliphatic carbocycles. The van der Waals surface area contributed by atoms with Gasteiger partial charge in [0.15, 0.2) is 0 Å². The second-order valence-corrected chi connectivity index (χ2v) is 4.68. The van der Waals surface area contributed by atoms with Crippen LogP contribution in [0.1, 0.15) is 34.2 Å². The molecule has 1 heterocycles. The quantitative estimate of drug-likeness (QED) is 0.933. The predicted octanol–water partition coefficient (Wildman–Crippen LogP) is 3.07. The van der Waals surface area contributed by atoms with E-state index in [0.717, 1.165) is 12.1 Å². The maximum Gasteiger partial charge on any atom is 0.336 e. The van der Waals surface area contributed by atoms with Gasteiger partial charge in [-0.15, -0.1) is 0 Å². The fraction of sp³-hybridized carbons (Fsp3) is 0.250. The molecule has 1 aromatic heterocycles. The van der Waals surface area contributed by atoms with Crippen molar-refractivity contribution in [3.8, 4) is 0 Å². The van der Waals surface area contributed by atoms with Gasteiger partial charge in [-0.25, -0.2) is 4.79 Å². The minimum absolute atomic E-state index is 0.270. The maximum absolute atomic E-state index is 12.2. The average molecular weight is 271 g/mol. The average Bonchev–Trinajstić information content (AvgIpc) is 2.38. The van der Waals surface area contributed by atoms with E-state index >= 15 is 0 Å². The molecular formula is C16H17NO3. The molecule has 0 saturated heterocycles. The highest BCUT2D eigenvalue weighted by Crippen LogP contribution is 2.15. The Labute approximate surface area is 117 Å². The highest BCUT2D eigenvalue weighted by Gasteiger charge is 2.15. The summed E-state index contributed by atoms with van der Waals surface area (Å²) in [5.41, 5.74) is 2.51. The van der Waals surface area contributed by atoms with Crippen LogP contribution in [-0.2, 0) is 6.42 Å². The molecule has 0 saturated carbocycles. The molecule has 0 unspecified atom stereocenters. The fourth-order valence-electron chi connectivity index (χ4n) is 2.11. The van der Waals surface area contributed by atoms with Gasteiger partial charge in [0, 0.05) is 11.8 Å². The Kier molecular flexibility index (Phi) is 4.03. The molecule has 2 aromatic rings. The Morgan fingerprint density at radius 1 is 1.20 bits per heavy atom. The number of amides is 1. The van der Waals surface area contributed by atoms with Gasteiger partial charge in [-0.1, -0.05) is 19.1 Å². The second-order valence-electron chi connectivity index (χ2n) is 4.68. The van der Waals surface area contributed by atoms with E-state index in [1.807, 2.05) is 24.3 Å². The van der Waals surface area contributed by atoms with Crippen molar-refractivity contribution in [3.05, 3.63) is 63.2 Å². The summed E-state index contributed by atoms with van der Waals surface area (Å²) in [7, 11) is 0. The minimum Gasteiger partial charge on any atom is -0.427 e. The molecular weight excluding hydrogens is 254 g/mol. The molecule has 0 fully saturated rings. The monoisotopic (exact) mass is 271 g/mol. The van der Waals surface area contributed by atoms with Gasteiger partial charge in [0.05, 0.1) is 5.56 Å². The lowest BCUT2D eigenvalue weighted by Crippen LogP contribution is -2.17. The van der Waals surface area contributed by atoms with Gasteiger partial charge in [0.1, 0.15) is 5.76 Å². The van der Waals surface area contributed by atoms with Gasteiger partial charge < -0.3 is 9.73 Å². The summed E-state index contributed by atoms with van der Waals surface area (Å²) in [6, 6.07) is 8.99. The Morgan fingerprint density at radius 3 is 2.40 bits per heavy atom. The van der Waals surface area contributed by atoms with Crippen LogP contribution >= 0.6 is 0 Å². The third kappa shape index (κ3) is 2.96. The van der Waals surface area contributed by atoms with Crippen LogP contribution in [0.2, 0.25) is 0 Å². The molecule has 4 nitrogen and oxygen atoms in total. The van der Waals surface area contributed by atoms with Crippen molar-refractivity contribution in [2.24, 2.45) is 0 Å². The summed E-state index contributed by atoms with van der Waals surface area (Å²) < 4.78 is 4.97. The number of carbonyl (C=O) groups excluding carboxylic acids is 1. The van der Waals surface area contributed by atoms with Gasteiger partial charge in [-0.05, 0) is 43.5 Å². The van der Waals surface area contributed by atoms with Crippen molar-refractivity contribution < 1.29 is 9.21 Å².